The molecule has 2 aromatic carbocycles. The van der Waals surface area contributed by atoms with Gasteiger partial charge in [-0.05, 0) is 23.1 Å². The van der Waals surface area contributed by atoms with E-state index in [1.165, 1.54) is 6.07 Å². The lowest BCUT2D eigenvalue weighted by Gasteiger charge is -2.16. The number of amides is 1. The van der Waals surface area contributed by atoms with Crippen LogP contribution in [0.15, 0.2) is 54.6 Å². The highest BCUT2D eigenvalue weighted by Gasteiger charge is 2.15. The largest absolute Gasteiger partial charge is 0.354 e. The molecule has 2 rings (SSSR count). The molecule has 0 aliphatic heterocycles. The molecule has 5 heteroatoms. The van der Waals surface area contributed by atoms with E-state index in [4.69, 9.17) is 5.73 Å². The molecule has 0 bridgehead atoms. The molecular formula is C18H22ClFN2O. The Hall–Kier alpha value is -1.91. The van der Waals surface area contributed by atoms with Crippen LogP contribution in [0.1, 0.15) is 36.4 Å². The van der Waals surface area contributed by atoms with Gasteiger partial charge in [0.15, 0.2) is 0 Å². The van der Waals surface area contributed by atoms with E-state index in [-0.39, 0.29) is 42.5 Å². The molecule has 0 heterocycles. The fourth-order valence-electron chi connectivity index (χ4n) is 2.38. The van der Waals surface area contributed by atoms with E-state index in [1.54, 1.807) is 18.2 Å². The molecular weight excluding hydrogens is 315 g/mol. The normalized spacial score (nSPS) is 12.8. The maximum absolute atomic E-state index is 13.7. The van der Waals surface area contributed by atoms with Crippen molar-refractivity contribution in [3.8, 4) is 0 Å². The van der Waals surface area contributed by atoms with Crippen molar-refractivity contribution in [2.45, 2.75) is 25.3 Å². The Morgan fingerprint density at radius 3 is 2.39 bits per heavy atom. The smallest absolute Gasteiger partial charge is 0.220 e. The molecule has 0 saturated carbocycles. The molecule has 0 aliphatic carbocycles. The monoisotopic (exact) mass is 336 g/mol. The van der Waals surface area contributed by atoms with Crippen LogP contribution in [0.5, 0.6) is 0 Å². The molecule has 3 nitrogen and oxygen atoms in total. The highest BCUT2D eigenvalue weighted by Crippen LogP contribution is 2.21. The molecule has 0 saturated heterocycles. The van der Waals surface area contributed by atoms with Gasteiger partial charge in [0.2, 0.25) is 5.91 Å². The lowest BCUT2D eigenvalue weighted by molar-refractivity contribution is -0.121. The number of hydrogen-bond acceptors (Lipinski definition) is 2. The quantitative estimate of drug-likeness (QED) is 0.847. The topological polar surface area (TPSA) is 55.1 Å². The van der Waals surface area contributed by atoms with Crippen LogP contribution in [-0.4, -0.2) is 12.5 Å². The van der Waals surface area contributed by atoms with Crippen LogP contribution in [0, 0.1) is 5.82 Å². The van der Waals surface area contributed by atoms with Crippen molar-refractivity contribution in [2.24, 2.45) is 5.73 Å². The van der Waals surface area contributed by atoms with Gasteiger partial charge in [0.25, 0.3) is 0 Å². The summed E-state index contributed by atoms with van der Waals surface area (Å²) in [7, 11) is 0. The minimum atomic E-state index is -0.274. The standard InChI is InChI=1S/C18H21FN2O.ClH/c1-13(15-9-5-6-10-16(15)19)11-18(22)21-12-17(20)14-7-3-2-4-8-14;/h2-10,13,17H,11-12,20H2,1H3,(H,21,22);1H. The van der Waals surface area contributed by atoms with Crippen molar-refractivity contribution in [3.05, 3.63) is 71.5 Å². The second-order valence-corrected chi connectivity index (χ2v) is 5.45. The first-order valence-corrected chi connectivity index (χ1v) is 7.39. The van der Waals surface area contributed by atoms with E-state index in [0.29, 0.717) is 12.1 Å². The highest BCUT2D eigenvalue weighted by molar-refractivity contribution is 5.85. The molecule has 2 aromatic rings. The molecule has 3 N–H and O–H groups in total. The number of rotatable bonds is 6. The Morgan fingerprint density at radius 2 is 1.74 bits per heavy atom. The number of nitrogens with two attached hydrogens (primary N) is 1. The number of nitrogens with one attached hydrogen (secondary N) is 1. The Balaban J connectivity index is 0.00000264. The van der Waals surface area contributed by atoms with Gasteiger partial charge < -0.3 is 11.1 Å². The van der Waals surface area contributed by atoms with Crippen LogP contribution in [0.25, 0.3) is 0 Å². The first kappa shape index (κ1) is 19.1. The summed E-state index contributed by atoms with van der Waals surface area (Å²) in [6, 6.07) is 15.9. The van der Waals surface area contributed by atoms with Gasteiger partial charge in [0.05, 0.1) is 0 Å². The van der Waals surface area contributed by atoms with E-state index in [0.717, 1.165) is 5.56 Å². The molecule has 1 amide bonds. The summed E-state index contributed by atoms with van der Waals surface area (Å²) in [5, 5.41) is 2.81. The van der Waals surface area contributed by atoms with Gasteiger partial charge in [-0.25, -0.2) is 4.39 Å². The van der Waals surface area contributed by atoms with Crippen LogP contribution in [0.3, 0.4) is 0 Å². The van der Waals surface area contributed by atoms with Gasteiger partial charge in [-0.15, -0.1) is 12.4 Å². The van der Waals surface area contributed by atoms with E-state index in [9.17, 15) is 9.18 Å². The van der Waals surface area contributed by atoms with Crippen LogP contribution in [-0.2, 0) is 4.79 Å². The van der Waals surface area contributed by atoms with E-state index in [2.05, 4.69) is 5.32 Å². The number of carbonyl (C=O) groups excluding carboxylic acids is 1. The Kier molecular flexibility index (Phi) is 7.72. The maximum atomic E-state index is 13.7. The lowest BCUT2D eigenvalue weighted by Crippen LogP contribution is -2.32. The first-order valence-electron chi connectivity index (χ1n) is 7.39. The minimum Gasteiger partial charge on any atom is -0.354 e. The number of hydrogen-bond donors (Lipinski definition) is 2. The number of carbonyl (C=O) groups is 1. The van der Waals surface area contributed by atoms with Crippen molar-refractivity contribution < 1.29 is 9.18 Å². The number of halogens is 2. The zero-order valence-electron chi connectivity index (χ0n) is 13.0. The molecule has 124 valence electrons. The zero-order chi connectivity index (χ0) is 15.9. The third kappa shape index (κ3) is 5.66. The summed E-state index contributed by atoms with van der Waals surface area (Å²) in [6.07, 6.45) is 0.239. The second-order valence-electron chi connectivity index (χ2n) is 5.45. The van der Waals surface area contributed by atoms with Crippen LogP contribution in [0.2, 0.25) is 0 Å². The Bertz CT molecular complexity index is 621. The van der Waals surface area contributed by atoms with E-state index >= 15 is 0 Å². The number of benzene rings is 2. The second kappa shape index (κ2) is 9.28. The third-order valence-electron chi connectivity index (χ3n) is 3.67. The average Bonchev–Trinajstić information content (AvgIpc) is 2.53. The third-order valence-corrected chi connectivity index (χ3v) is 3.67. The van der Waals surface area contributed by atoms with Gasteiger partial charge >= 0.3 is 0 Å². The van der Waals surface area contributed by atoms with E-state index < -0.39 is 0 Å². The van der Waals surface area contributed by atoms with Crippen LogP contribution in [0.4, 0.5) is 4.39 Å². The van der Waals surface area contributed by atoms with Crippen molar-refractivity contribution in [1.82, 2.24) is 5.32 Å². The molecule has 2 unspecified atom stereocenters. The molecule has 2 atom stereocenters. The van der Waals surface area contributed by atoms with Crippen molar-refractivity contribution in [1.29, 1.82) is 0 Å². The first-order chi connectivity index (χ1) is 10.6. The molecule has 23 heavy (non-hydrogen) atoms. The maximum Gasteiger partial charge on any atom is 0.220 e. The van der Waals surface area contributed by atoms with Crippen molar-refractivity contribution in [3.63, 3.8) is 0 Å². The van der Waals surface area contributed by atoms with Gasteiger partial charge in [0.1, 0.15) is 5.82 Å². The van der Waals surface area contributed by atoms with Gasteiger partial charge in [0, 0.05) is 19.0 Å². The average molecular weight is 337 g/mol. The van der Waals surface area contributed by atoms with E-state index in [1.807, 2.05) is 37.3 Å². The van der Waals surface area contributed by atoms with Crippen molar-refractivity contribution >= 4 is 18.3 Å². The molecule has 0 aromatic heterocycles. The summed E-state index contributed by atoms with van der Waals surface area (Å²) >= 11 is 0. The zero-order valence-corrected chi connectivity index (χ0v) is 13.9. The predicted molar refractivity (Wildman–Crippen MR) is 93.1 cm³/mol. The molecule has 0 radical (unpaired) electrons. The summed E-state index contributed by atoms with van der Waals surface area (Å²) < 4.78 is 13.7. The van der Waals surface area contributed by atoms with Crippen LogP contribution < -0.4 is 11.1 Å². The minimum absolute atomic E-state index is 0. The summed E-state index contributed by atoms with van der Waals surface area (Å²) in [4.78, 5) is 12.0. The molecule has 0 fully saturated rings. The van der Waals surface area contributed by atoms with Gasteiger partial charge in [-0.2, -0.15) is 0 Å². The fraction of sp³-hybridized carbons (Fsp3) is 0.278. The predicted octanol–water partition coefficient (Wildman–Crippen LogP) is 3.56. The SMILES string of the molecule is CC(CC(=O)NCC(N)c1ccccc1)c1ccccc1F.Cl. The fourth-order valence-corrected chi connectivity index (χ4v) is 2.38. The summed E-state index contributed by atoms with van der Waals surface area (Å²) in [5.74, 6) is -0.569. The Labute approximate surface area is 142 Å². The summed E-state index contributed by atoms with van der Waals surface area (Å²) in [6.45, 7) is 2.21. The van der Waals surface area contributed by atoms with Crippen molar-refractivity contribution in [2.75, 3.05) is 6.54 Å². The summed E-state index contributed by atoms with van der Waals surface area (Å²) in [5.41, 5.74) is 7.57. The van der Waals surface area contributed by atoms with Gasteiger partial charge in [-0.1, -0.05) is 55.5 Å². The highest BCUT2D eigenvalue weighted by atomic mass is 35.5. The Morgan fingerprint density at radius 1 is 1.13 bits per heavy atom. The van der Waals surface area contributed by atoms with Crippen LogP contribution >= 0.6 is 12.4 Å². The lowest BCUT2D eigenvalue weighted by atomic mass is 9.97. The van der Waals surface area contributed by atoms with Gasteiger partial charge in [-0.3, -0.25) is 4.79 Å². The molecule has 0 spiro atoms. The molecule has 0 aliphatic rings.